The van der Waals surface area contributed by atoms with Crippen molar-refractivity contribution in [2.75, 3.05) is 26.2 Å². The third-order valence-corrected chi connectivity index (χ3v) is 4.18. The molecule has 0 radical (unpaired) electrons. The van der Waals surface area contributed by atoms with Crippen molar-refractivity contribution < 1.29 is 9.59 Å². The van der Waals surface area contributed by atoms with Crippen LogP contribution in [0.4, 0.5) is 0 Å². The van der Waals surface area contributed by atoms with E-state index in [4.69, 9.17) is 5.73 Å². The molecule has 2 aromatic rings. The van der Waals surface area contributed by atoms with Gasteiger partial charge in [-0.2, -0.15) is 0 Å². The second kappa shape index (κ2) is 6.42. The van der Waals surface area contributed by atoms with E-state index in [-0.39, 0.29) is 17.9 Å². The number of H-pyrrole nitrogens is 1. The van der Waals surface area contributed by atoms with Gasteiger partial charge < -0.3 is 20.5 Å². The molecule has 23 heavy (non-hydrogen) atoms. The minimum absolute atomic E-state index is 0.0134. The number of nitrogens with two attached hydrogens (primary N) is 1. The average molecular weight is 314 g/mol. The largest absolute Gasteiger partial charge is 0.351 e. The molecule has 1 aromatic heterocycles. The van der Waals surface area contributed by atoms with Crippen molar-refractivity contribution in [2.24, 2.45) is 5.73 Å². The Balaban J connectivity index is 1.63. The third-order valence-electron chi connectivity index (χ3n) is 4.18. The topological polar surface area (TPSA) is 82.4 Å². The Labute approximate surface area is 135 Å². The summed E-state index contributed by atoms with van der Waals surface area (Å²) in [7, 11) is 0. The van der Waals surface area contributed by atoms with Crippen LogP contribution in [0.2, 0.25) is 0 Å². The first-order chi connectivity index (χ1) is 11.0. The summed E-state index contributed by atoms with van der Waals surface area (Å²) in [5.74, 6) is 0.0539. The highest BCUT2D eigenvalue weighted by Gasteiger charge is 2.25. The van der Waals surface area contributed by atoms with Gasteiger partial charge in [0.15, 0.2) is 0 Å². The number of carbonyl (C=O) groups excluding carboxylic acids is 2. The van der Waals surface area contributed by atoms with Gasteiger partial charge in [0.05, 0.1) is 0 Å². The first-order valence-electron chi connectivity index (χ1n) is 7.95. The Kier molecular flexibility index (Phi) is 4.34. The van der Waals surface area contributed by atoms with E-state index in [9.17, 15) is 9.59 Å². The number of benzene rings is 1. The number of nitrogens with zero attached hydrogens (tertiary/aromatic N) is 2. The van der Waals surface area contributed by atoms with Crippen LogP contribution >= 0.6 is 0 Å². The molecule has 6 heteroatoms. The van der Waals surface area contributed by atoms with E-state index >= 15 is 0 Å². The SMILES string of the molecule is CC(N)CC(=O)N1CCN(C(=O)c2cc3ccccc3[nH]2)CC1. The molecule has 0 saturated carbocycles. The highest BCUT2D eigenvalue weighted by Crippen LogP contribution is 2.17. The van der Waals surface area contributed by atoms with Crippen LogP contribution in [0.3, 0.4) is 0 Å². The van der Waals surface area contributed by atoms with Gasteiger partial charge in [-0.25, -0.2) is 0 Å². The molecule has 122 valence electrons. The number of fused-ring (bicyclic) bond motifs is 1. The quantitative estimate of drug-likeness (QED) is 0.893. The maximum absolute atomic E-state index is 12.6. The summed E-state index contributed by atoms with van der Waals surface area (Å²) in [5, 5.41) is 1.03. The molecule has 6 nitrogen and oxygen atoms in total. The molecule has 1 unspecified atom stereocenters. The van der Waals surface area contributed by atoms with E-state index in [1.165, 1.54) is 0 Å². The Morgan fingerprint density at radius 3 is 2.48 bits per heavy atom. The summed E-state index contributed by atoms with van der Waals surface area (Å²) in [6.07, 6.45) is 0.357. The lowest BCUT2D eigenvalue weighted by molar-refractivity contribution is -0.132. The molecule has 1 saturated heterocycles. The molecule has 1 aliphatic rings. The van der Waals surface area contributed by atoms with E-state index in [0.29, 0.717) is 38.3 Å². The lowest BCUT2D eigenvalue weighted by Gasteiger charge is -2.34. The van der Waals surface area contributed by atoms with Crippen molar-refractivity contribution in [3.8, 4) is 0 Å². The number of carbonyl (C=O) groups is 2. The van der Waals surface area contributed by atoms with Gasteiger partial charge in [0.2, 0.25) is 5.91 Å². The fourth-order valence-electron chi connectivity index (χ4n) is 2.92. The molecule has 2 heterocycles. The number of amides is 2. The van der Waals surface area contributed by atoms with E-state index in [2.05, 4.69) is 4.98 Å². The lowest BCUT2D eigenvalue weighted by Crippen LogP contribution is -2.51. The molecule has 3 rings (SSSR count). The molecule has 2 amide bonds. The molecule has 1 atom stereocenters. The molecule has 0 spiro atoms. The zero-order valence-corrected chi connectivity index (χ0v) is 13.3. The minimum Gasteiger partial charge on any atom is -0.351 e. The number of rotatable bonds is 3. The number of nitrogens with one attached hydrogen (secondary N) is 1. The molecule has 1 fully saturated rings. The number of hydrogen-bond donors (Lipinski definition) is 2. The second-order valence-corrected chi connectivity index (χ2v) is 6.12. The van der Waals surface area contributed by atoms with Gasteiger partial charge in [0, 0.05) is 49.5 Å². The highest BCUT2D eigenvalue weighted by atomic mass is 16.2. The van der Waals surface area contributed by atoms with E-state index in [1.807, 2.05) is 37.3 Å². The van der Waals surface area contributed by atoms with Gasteiger partial charge in [0.1, 0.15) is 5.69 Å². The molecular weight excluding hydrogens is 292 g/mol. The van der Waals surface area contributed by atoms with Crippen LogP contribution in [0, 0.1) is 0 Å². The van der Waals surface area contributed by atoms with Crippen LogP contribution in [0.1, 0.15) is 23.8 Å². The first kappa shape index (κ1) is 15.6. The van der Waals surface area contributed by atoms with Crippen molar-refractivity contribution >= 4 is 22.7 Å². The lowest BCUT2D eigenvalue weighted by atomic mass is 10.2. The van der Waals surface area contributed by atoms with Crippen LogP contribution in [0.15, 0.2) is 30.3 Å². The van der Waals surface area contributed by atoms with Crippen LogP contribution in [-0.2, 0) is 4.79 Å². The number of aromatic nitrogens is 1. The summed E-state index contributed by atoms with van der Waals surface area (Å²) in [6, 6.07) is 9.58. The molecule has 0 aliphatic carbocycles. The van der Waals surface area contributed by atoms with Gasteiger partial charge in [-0.15, -0.1) is 0 Å². The number of piperazine rings is 1. The first-order valence-corrected chi connectivity index (χ1v) is 7.95. The average Bonchev–Trinajstić information content (AvgIpc) is 2.97. The normalized spacial score (nSPS) is 16.6. The second-order valence-electron chi connectivity index (χ2n) is 6.12. The molecule has 3 N–H and O–H groups in total. The maximum Gasteiger partial charge on any atom is 0.270 e. The predicted molar refractivity (Wildman–Crippen MR) is 89.0 cm³/mol. The molecule has 1 aromatic carbocycles. The van der Waals surface area contributed by atoms with Crippen molar-refractivity contribution in [1.29, 1.82) is 0 Å². The van der Waals surface area contributed by atoms with Crippen LogP contribution in [-0.4, -0.2) is 58.8 Å². The van der Waals surface area contributed by atoms with Crippen molar-refractivity contribution in [2.45, 2.75) is 19.4 Å². The van der Waals surface area contributed by atoms with Gasteiger partial charge in [-0.3, -0.25) is 9.59 Å². The van der Waals surface area contributed by atoms with Crippen molar-refractivity contribution in [1.82, 2.24) is 14.8 Å². The number of para-hydroxylation sites is 1. The standard InChI is InChI=1S/C17H22N4O2/c1-12(18)10-16(22)20-6-8-21(9-7-20)17(23)15-11-13-4-2-3-5-14(13)19-15/h2-5,11-12,19H,6-10,18H2,1H3. The highest BCUT2D eigenvalue weighted by molar-refractivity contribution is 5.98. The summed E-state index contributed by atoms with van der Waals surface area (Å²) in [6.45, 7) is 4.07. The monoisotopic (exact) mass is 314 g/mol. The number of aromatic amines is 1. The van der Waals surface area contributed by atoms with Crippen molar-refractivity contribution in [3.63, 3.8) is 0 Å². The van der Waals surface area contributed by atoms with Gasteiger partial charge in [0.25, 0.3) is 5.91 Å². The Morgan fingerprint density at radius 2 is 1.83 bits per heavy atom. The van der Waals surface area contributed by atoms with Gasteiger partial charge in [-0.1, -0.05) is 18.2 Å². The minimum atomic E-state index is -0.131. The van der Waals surface area contributed by atoms with Crippen LogP contribution < -0.4 is 5.73 Å². The summed E-state index contributed by atoms with van der Waals surface area (Å²) < 4.78 is 0. The fraction of sp³-hybridized carbons (Fsp3) is 0.412. The zero-order valence-electron chi connectivity index (χ0n) is 13.3. The summed E-state index contributed by atoms with van der Waals surface area (Å²) in [4.78, 5) is 31.4. The number of hydrogen-bond acceptors (Lipinski definition) is 3. The Bertz CT molecular complexity index is 681. The Morgan fingerprint density at radius 1 is 1.17 bits per heavy atom. The van der Waals surface area contributed by atoms with Gasteiger partial charge in [-0.05, 0) is 19.1 Å². The zero-order chi connectivity index (χ0) is 16.4. The summed E-state index contributed by atoms with van der Waals surface area (Å²) >= 11 is 0. The third kappa shape index (κ3) is 3.37. The van der Waals surface area contributed by atoms with E-state index in [1.54, 1.807) is 9.80 Å². The van der Waals surface area contributed by atoms with E-state index < -0.39 is 0 Å². The van der Waals surface area contributed by atoms with E-state index in [0.717, 1.165) is 10.9 Å². The fourth-order valence-corrected chi connectivity index (χ4v) is 2.92. The van der Waals surface area contributed by atoms with Crippen LogP contribution in [0.25, 0.3) is 10.9 Å². The molecule has 1 aliphatic heterocycles. The Hall–Kier alpha value is -2.34. The molecule has 0 bridgehead atoms. The predicted octanol–water partition coefficient (Wildman–Crippen LogP) is 1.19. The van der Waals surface area contributed by atoms with Crippen molar-refractivity contribution in [3.05, 3.63) is 36.0 Å². The smallest absolute Gasteiger partial charge is 0.270 e. The van der Waals surface area contributed by atoms with Crippen LogP contribution in [0.5, 0.6) is 0 Å². The van der Waals surface area contributed by atoms with Gasteiger partial charge >= 0.3 is 0 Å². The summed E-state index contributed by atoms with van der Waals surface area (Å²) in [5.41, 5.74) is 7.23. The molecular formula is C17H22N4O2. The maximum atomic E-state index is 12.6.